The van der Waals surface area contributed by atoms with Crippen LogP contribution in [0.1, 0.15) is 48.9 Å². The van der Waals surface area contributed by atoms with E-state index < -0.39 is 0 Å². The molecule has 1 aliphatic carbocycles. The van der Waals surface area contributed by atoms with Crippen LogP contribution in [0.2, 0.25) is 0 Å². The van der Waals surface area contributed by atoms with Gasteiger partial charge >= 0.3 is 0 Å². The van der Waals surface area contributed by atoms with Crippen molar-refractivity contribution in [2.45, 2.75) is 51.2 Å². The largest absolute Gasteiger partial charge is 0.493 e. The molecule has 1 saturated carbocycles. The van der Waals surface area contributed by atoms with Gasteiger partial charge in [0, 0.05) is 25.0 Å². The summed E-state index contributed by atoms with van der Waals surface area (Å²) < 4.78 is 24.5. The lowest BCUT2D eigenvalue weighted by atomic mass is 9.86. The molecule has 1 heterocycles. The molecule has 5 nitrogen and oxygen atoms in total. The Morgan fingerprint density at radius 2 is 1.84 bits per heavy atom. The Bertz CT molecular complexity index is 927. The molecule has 6 heteroatoms. The van der Waals surface area contributed by atoms with Crippen molar-refractivity contribution in [2.24, 2.45) is 5.92 Å². The van der Waals surface area contributed by atoms with E-state index in [-0.39, 0.29) is 29.7 Å². The molecule has 0 radical (unpaired) electrons. The summed E-state index contributed by atoms with van der Waals surface area (Å²) in [5.74, 6) is 1.50. The summed E-state index contributed by atoms with van der Waals surface area (Å²) in [4.78, 5) is 15.0. The average molecular weight is 427 g/mol. The van der Waals surface area contributed by atoms with E-state index in [2.05, 4.69) is 29.3 Å². The first-order valence-electron chi connectivity index (χ1n) is 11.1. The number of nitrogens with one attached hydrogen (secondary N) is 1. The molecule has 0 aromatic heterocycles. The van der Waals surface area contributed by atoms with Gasteiger partial charge in [-0.25, -0.2) is 4.39 Å². The van der Waals surface area contributed by atoms with Crippen LogP contribution in [-0.2, 0) is 17.8 Å². The molecule has 1 N–H and O–H groups in total. The van der Waals surface area contributed by atoms with Crippen LogP contribution < -0.4 is 14.8 Å². The minimum atomic E-state index is -0.232. The van der Waals surface area contributed by atoms with E-state index in [0.29, 0.717) is 12.3 Å². The fraction of sp³-hybridized carbons (Fsp3) is 0.480. The molecule has 1 amide bonds. The van der Waals surface area contributed by atoms with Crippen molar-refractivity contribution in [2.75, 3.05) is 20.8 Å². The fourth-order valence-corrected chi connectivity index (χ4v) is 4.55. The monoisotopic (exact) mass is 426 g/mol. The molecule has 2 aromatic carbocycles. The summed E-state index contributed by atoms with van der Waals surface area (Å²) in [5.41, 5.74) is 3.43. The van der Waals surface area contributed by atoms with E-state index in [1.54, 1.807) is 14.2 Å². The summed E-state index contributed by atoms with van der Waals surface area (Å²) >= 11 is 0. The topological polar surface area (TPSA) is 50.8 Å². The molecule has 1 aliphatic heterocycles. The third kappa shape index (κ3) is 4.69. The van der Waals surface area contributed by atoms with E-state index in [9.17, 15) is 9.18 Å². The van der Waals surface area contributed by atoms with Crippen molar-refractivity contribution < 1.29 is 18.7 Å². The van der Waals surface area contributed by atoms with Crippen molar-refractivity contribution in [1.82, 2.24) is 10.2 Å². The summed E-state index contributed by atoms with van der Waals surface area (Å²) in [6.07, 6.45) is 3.65. The fourth-order valence-electron chi connectivity index (χ4n) is 4.55. The molecule has 2 atom stereocenters. The summed E-state index contributed by atoms with van der Waals surface area (Å²) in [7, 11) is 3.29. The maximum absolute atomic E-state index is 13.4. The lowest BCUT2D eigenvalue weighted by Crippen LogP contribution is -2.48. The standard InChI is InChI=1S/C25H31FN2O3/c1-4-21(27-25(29)17-7-8-17)24-20-14-23(31-3)22(30-2)13-18(20)11-12-28(24)15-16-5-9-19(26)10-6-16/h5-6,9-10,13-14,17,21,24H,4,7-8,11-12,15H2,1-3H3,(H,27,29)/t21-,24-/m1/s1. The van der Waals surface area contributed by atoms with Crippen LogP contribution in [0.3, 0.4) is 0 Å². The van der Waals surface area contributed by atoms with Crippen LogP contribution >= 0.6 is 0 Å². The zero-order valence-corrected chi connectivity index (χ0v) is 18.5. The van der Waals surface area contributed by atoms with Crippen LogP contribution in [0, 0.1) is 11.7 Å². The number of carbonyl (C=O) groups excluding carboxylic acids is 1. The predicted octanol–water partition coefficient (Wildman–Crippen LogP) is 4.25. The van der Waals surface area contributed by atoms with E-state index in [1.807, 2.05) is 12.1 Å². The van der Waals surface area contributed by atoms with Gasteiger partial charge in [-0.15, -0.1) is 0 Å². The van der Waals surface area contributed by atoms with E-state index in [0.717, 1.165) is 49.1 Å². The number of fused-ring (bicyclic) bond motifs is 1. The number of amides is 1. The molecule has 166 valence electrons. The Kier molecular flexibility index (Phi) is 6.46. The number of hydrogen-bond acceptors (Lipinski definition) is 4. The quantitative estimate of drug-likeness (QED) is 0.686. The first kappa shape index (κ1) is 21.6. The minimum Gasteiger partial charge on any atom is -0.493 e. The summed E-state index contributed by atoms with van der Waals surface area (Å²) in [6.45, 7) is 3.65. The third-order valence-electron chi connectivity index (χ3n) is 6.42. The second kappa shape index (κ2) is 9.27. The van der Waals surface area contributed by atoms with Crippen LogP contribution in [-0.4, -0.2) is 37.6 Å². The summed E-state index contributed by atoms with van der Waals surface area (Å²) in [5, 5.41) is 3.32. The van der Waals surface area contributed by atoms with Gasteiger partial charge in [0.25, 0.3) is 0 Å². The predicted molar refractivity (Wildman–Crippen MR) is 118 cm³/mol. The average Bonchev–Trinajstić information content (AvgIpc) is 3.63. The van der Waals surface area contributed by atoms with Crippen molar-refractivity contribution in [3.05, 3.63) is 58.9 Å². The van der Waals surface area contributed by atoms with Crippen LogP contribution in [0.4, 0.5) is 4.39 Å². The number of rotatable bonds is 8. The Balaban J connectivity index is 1.70. The number of nitrogens with zero attached hydrogens (tertiary/aromatic N) is 1. The van der Waals surface area contributed by atoms with E-state index in [4.69, 9.17) is 9.47 Å². The zero-order chi connectivity index (χ0) is 22.0. The summed E-state index contributed by atoms with van der Waals surface area (Å²) in [6, 6.07) is 10.8. The number of carbonyl (C=O) groups is 1. The highest BCUT2D eigenvalue weighted by Gasteiger charge is 2.37. The number of hydrogen-bond donors (Lipinski definition) is 1. The lowest BCUT2D eigenvalue weighted by molar-refractivity contribution is -0.123. The van der Waals surface area contributed by atoms with E-state index >= 15 is 0 Å². The van der Waals surface area contributed by atoms with Crippen LogP contribution in [0.5, 0.6) is 11.5 Å². The van der Waals surface area contributed by atoms with Crippen molar-refractivity contribution >= 4 is 5.91 Å². The van der Waals surface area contributed by atoms with E-state index in [1.165, 1.54) is 17.7 Å². The molecule has 1 fully saturated rings. The Morgan fingerprint density at radius 1 is 1.16 bits per heavy atom. The molecule has 0 spiro atoms. The highest BCUT2D eigenvalue weighted by molar-refractivity contribution is 5.81. The van der Waals surface area contributed by atoms with Gasteiger partial charge < -0.3 is 14.8 Å². The van der Waals surface area contributed by atoms with Gasteiger partial charge in [-0.3, -0.25) is 9.69 Å². The molecule has 2 aromatic rings. The highest BCUT2D eigenvalue weighted by Crippen LogP contribution is 2.41. The highest BCUT2D eigenvalue weighted by atomic mass is 19.1. The molecule has 0 saturated heterocycles. The molecule has 31 heavy (non-hydrogen) atoms. The molecule has 2 aliphatic rings. The van der Waals surface area contributed by atoms with Gasteiger partial charge in [0.15, 0.2) is 11.5 Å². The smallest absolute Gasteiger partial charge is 0.223 e. The van der Waals surface area contributed by atoms with Gasteiger partial charge in [-0.2, -0.15) is 0 Å². The molecular weight excluding hydrogens is 395 g/mol. The lowest BCUT2D eigenvalue weighted by Gasteiger charge is -2.42. The Hall–Kier alpha value is -2.60. The zero-order valence-electron chi connectivity index (χ0n) is 18.5. The van der Waals surface area contributed by atoms with Gasteiger partial charge in [-0.1, -0.05) is 19.1 Å². The third-order valence-corrected chi connectivity index (χ3v) is 6.42. The van der Waals surface area contributed by atoms with Crippen molar-refractivity contribution in [1.29, 1.82) is 0 Å². The molecule has 0 bridgehead atoms. The molecule has 0 unspecified atom stereocenters. The van der Waals surface area contributed by atoms with Crippen LogP contribution in [0.15, 0.2) is 36.4 Å². The van der Waals surface area contributed by atoms with Crippen molar-refractivity contribution in [3.8, 4) is 11.5 Å². The van der Waals surface area contributed by atoms with Gasteiger partial charge in [-0.05, 0) is 66.6 Å². The SMILES string of the molecule is CC[C@@H](NC(=O)C1CC1)[C@H]1c2cc(OC)c(OC)cc2CCN1Cc1ccc(F)cc1. The van der Waals surface area contributed by atoms with Gasteiger partial charge in [0.2, 0.25) is 5.91 Å². The first-order valence-corrected chi connectivity index (χ1v) is 11.1. The van der Waals surface area contributed by atoms with Gasteiger partial charge in [0.1, 0.15) is 5.82 Å². The Labute approximate surface area is 183 Å². The minimum absolute atomic E-state index is 0.00121. The first-order chi connectivity index (χ1) is 15.0. The van der Waals surface area contributed by atoms with Gasteiger partial charge in [0.05, 0.1) is 20.3 Å². The molecule has 4 rings (SSSR count). The van der Waals surface area contributed by atoms with Crippen LogP contribution in [0.25, 0.3) is 0 Å². The molecular formula is C25H31FN2O3. The number of methoxy groups -OCH3 is 2. The maximum Gasteiger partial charge on any atom is 0.223 e. The number of halogens is 1. The Morgan fingerprint density at radius 3 is 2.45 bits per heavy atom. The number of ether oxygens (including phenoxy) is 2. The second-order valence-electron chi connectivity index (χ2n) is 8.50. The number of benzene rings is 2. The normalized spacial score (nSPS) is 19.4. The maximum atomic E-state index is 13.4. The second-order valence-corrected chi connectivity index (χ2v) is 8.50. The van der Waals surface area contributed by atoms with Crippen molar-refractivity contribution in [3.63, 3.8) is 0 Å².